The molecule has 1 aliphatic heterocycles. The Kier molecular flexibility index (Phi) is 4.68. The fourth-order valence-corrected chi connectivity index (χ4v) is 4.05. The number of aromatic nitrogens is 3. The number of fused-ring (bicyclic) bond motifs is 3. The highest BCUT2D eigenvalue weighted by atomic mass is 35.5. The molecule has 1 N–H and O–H groups in total. The third kappa shape index (κ3) is 2.80. The van der Waals surface area contributed by atoms with Gasteiger partial charge >= 0.3 is 11.3 Å². The number of benzene rings is 2. The van der Waals surface area contributed by atoms with Crippen LogP contribution in [-0.4, -0.2) is 22.2 Å². The van der Waals surface area contributed by atoms with E-state index in [4.69, 9.17) is 11.6 Å². The van der Waals surface area contributed by atoms with Crippen molar-refractivity contribution < 1.29 is 13.9 Å². The molecule has 1 amide bonds. The smallest absolute Gasteiger partial charge is 0.291 e. The highest BCUT2D eigenvalue weighted by Crippen LogP contribution is 2.39. The number of thioether (sulfide) groups is 1. The molecule has 2 aromatic carbocycles. The normalized spacial score (nSPS) is 15.1. The molecule has 1 atom stereocenters. The average molecular weight is 418 g/mol. The number of H-pyrrole nitrogens is 1. The first-order valence-electron chi connectivity index (χ1n) is 8.37. The van der Waals surface area contributed by atoms with Gasteiger partial charge in [0.1, 0.15) is 5.82 Å². The van der Waals surface area contributed by atoms with Crippen molar-refractivity contribution in [3.05, 3.63) is 69.2 Å². The second-order valence-electron chi connectivity index (χ2n) is 6.17. The number of para-hydroxylation sites is 1. The number of rotatable bonds is 2. The Hall–Kier alpha value is -2.71. The van der Waals surface area contributed by atoms with Crippen LogP contribution in [0.3, 0.4) is 0 Å². The molecule has 9 heteroatoms. The number of hydrogen-bond donors (Lipinski definition) is 1. The van der Waals surface area contributed by atoms with Crippen LogP contribution in [-0.2, 0) is 4.79 Å². The maximum absolute atomic E-state index is 14.9. The number of amides is 1. The second-order valence-corrected chi connectivity index (χ2v) is 7.37. The van der Waals surface area contributed by atoms with E-state index in [-0.39, 0.29) is 27.7 Å². The van der Waals surface area contributed by atoms with Crippen LogP contribution < -0.4 is 15.1 Å². The zero-order valence-corrected chi connectivity index (χ0v) is 16.5. The minimum Gasteiger partial charge on any atom is -0.291 e. The van der Waals surface area contributed by atoms with Crippen LogP contribution >= 0.6 is 23.4 Å². The van der Waals surface area contributed by atoms with Gasteiger partial charge in [0.25, 0.3) is 6.17 Å². The minimum absolute atomic E-state index is 0.0743. The quantitative estimate of drug-likeness (QED) is 0.513. The number of nitrogens with one attached hydrogen (secondary N) is 1. The van der Waals surface area contributed by atoms with E-state index in [2.05, 4.69) is 10.1 Å². The summed E-state index contributed by atoms with van der Waals surface area (Å²) < 4.78 is 16.2. The summed E-state index contributed by atoms with van der Waals surface area (Å²) in [5.41, 5.74) is 0.944. The lowest BCUT2D eigenvalue weighted by Gasteiger charge is -2.31. The van der Waals surface area contributed by atoms with Crippen LogP contribution in [0, 0.1) is 5.82 Å². The number of halogens is 2. The molecule has 0 saturated carbocycles. The van der Waals surface area contributed by atoms with Crippen molar-refractivity contribution in [2.24, 2.45) is 0 Å². The van der Waals surface area contributed by atoms with E-state index in [9.17, 15) is 14.0 Å². The highest BCUT2D eigenvalue weighted by Gasteiger charge is 2.46. The molecule has 0 bridgehead atoms. The van der Waals surface area contributed by atoms with Gasteiger partial charge < -0.3 is 0 Å². The molecule has 142 valence electrons. The van der Waals surface area contributed by atoms with Crippen molar-refractivity contribution in [1.29, 1.82) is 0 Å². The van der Waals surface area contributed by atoms with Gasteiger partial charge in [-0.2, -0.15) is 0 Å². The van der Waals surface area contributed by atoms with E-state index >= 15 is 0 Å². The Bertz CT molecular complexity index is 1150. The molecule has 1 unspecified atom stereocenters. The van der Waals surface area contributed by atoms with Crippen LogP contribution in [0.2, 0.25) is 5.02 Å². The highest BCUT2D eigenvalue weighted by molar-refractivity contribution is 7.98. The molecule has 0 spiro atoms. The fraction of sp³-hybridized carbons (Fsp3) is 0.158. The number of anilines is 1. The van der Waals surface area contributed by atoms with Crippen LogP contribution in [0.1, 0.15) is 18.7 Å². The van der Waals surface area contributed by atoms with E-state index in [1.165, 1.54) is 40.4 Å². The van der Waals surface area contributed by atoms with Gasteiger partial charge in [-0.05, 0) is 35.2 Å². The SMILES string of the molecule is CSc1n[n+]2c(c(=O)[nH]1)-c1ccccc1N(C(C)=O)C2c1c(F)cccc1Cl. The van der Waals surface area contributed by atoms with Gasteiger partial charge in [0.15, 0.2) is 0 Å². The molecule has 4 rings (SSSR count). The molecule has 1 aromatic heterocycles. The molecule has 3 aromatic rings. The topological polar surface area (TPSA) is 69.9 Å². The predicted octanol–water partition coefficient (Wildman–Crippen LogP) is 3.15. The third-order valence-corrected chi connectivity index (χ3v) is 5.45. The zero-order chi connectivity index (χ0) is 20.0. The summed E-state index contributed by atoms with van der Waals surface area (Å²) in [5.74, 6) is -0.919. The fourth-order valence-electron chi connectivity index (χ4n) is 3.42. The summed E-state index contributed by atoms with van der Waals surface area (Å²) >= 11 is 7.56. The summed E-state index contributed by atoms with van der Waals surface area (Å²) in [6.45, 7) is 1.38. The standard InChI is InChI=1S/C19H14ClFN4O2S/c1-10(26)24-14-9-4-3-6-11(14)16-17(27)22-19(28-2)23-25(16)18(24)15-12(20)7-5-8-13(15)21/h3-9,18H,1-2H3/p+1. The van der Waals surface area contributed by atoms with Crippen LogP contribution in [0.25, 0.3) is 11.3 Å². The van der Waals surface area contributed by atoms with Gasteiger partial charge in [-0.3, -0.25) is 14.6 Å². The lowest BCUT2D eigenvalue weighted by molar-refractivity contribution is -0.763. The largest absolute Gasteiger partial charge is 0.325 e. The van der Waals surface area contributed by atoms with E-state index in [0.29, 0.717) is 16.4 Å². The third-order valence-electron chi connectivity index (χ3n) is 4.55. The molecule has 0 saturated heterocycles. The van der Waals surface area contributed by atoms with E-state index in [1.807, 2.05) is 0 Å². The maximum Gasteiger partial charge on any atom is 0.325 e. The second kappa shape index (κ2) is 7.03. The summed E-state index contributed by atoms with van der Waals surface area (Å²) in [6, 6.07) is 11.3. The van der Waals surface area contributed by atoms with Gasteiger partial charge in [0.2, 0.25) is 11.1 Å². The summed E-state index contributed by atoms with van der Waals surface area (Å²) in [7, 11) is 0. The van der Waals surface area contributed by atoms with Crippen molar-refractivity contribution in [2.45, 2.75) is 18.2 Å². The Balaban J connectivity index is 2.15. The first kappa shape index (κ1) is 18.6. The maximum atomic E-state index is 14.9. The lowest BCUT2D eigenvalue weighted by Crippen LogP contribution is -2.60. The Morgan fingerprint density at radius 1 is 1.29 bits per heavy atom. The number of carbonyl (C=O) groups excluding carboxylic acids is 1. The number of carbonyl (C=O) groups is 1. The zero-order valence-electron chi connectivity index (χ0n) is 14.9. The lowest BCUT2D eigenvalue weighted by atomic mass is 10.0. The molecule has 2 heterocycles. The van der Waals surface area contributed by atoms with E-state index in [1.54, 1.807) is 36.6 Å². The van der Waals surface area contributed by atoms with Crippen molar-refractivity contribution in [3.8, 4) is 11.3 Å². The molecular weight excluding hydrogens is 403 g/mol. The van der Waals surface area contributed by atoms with Gasteiger partial charge in [0, 0.05) is 12.0 Å². The molecule has 28 heavy (non-hydrogen) atoms. The van der Waals surface area contributed by atoms with Crippen molar-refractivity contribution in [1.82, 2.24) is 10.1 Å². The molecule has 0 fully saturated rings. The monoisotopic (exact) mass is 417 g/mol. The van der Waals surface area contributed by atoms with Crippen LogP contribution in [0.4, 0.5) is 10.1 Å². The predicted molar refractivity (Wildman–Crippen MR) is 105 cm³/mol. The van der Waals surface area contributed by atoms with E-state index in [0.717, 1.165) is 0 Å². The molecule has 0 radical (unpaired) electrons. The van der Waals surface area contributed by atoms with Crippen molar-refractivity contribution in [3.63, 3.8) is 0 Å². The van der Waals surface area contributed by atoms with E-state index < -0.39 is 12.0 Å². The minimum atomic E-state index is -1.04. The van der Waals surface area contributed by atoms with Crippen LogP contribution in [0.15, 0.2) is 52.4 Å². The molecular formula is C19H15ClFN4O2S+. The van der Waals surface area contributed by atoms with Gasteiger partial charge in [-0.25, -0.2) is 9.29 Å². The van der Waals surface area contributed by atoms with Crippen molar-refractivity contribution in [2.75, 3.05) is 11.2 Å². The van der Waals surface area contributed by atoms with Crippen molar-refractivity contribution >= 4 is 35.0 Å². The summed E-state index contributed by atoms with van der Waals surface area (Å²) in [5, 5.41) is 4.95. The number of hydrogen-bond acceptors (Lipinski definition) is 4. The Morgan fingerprint density at radius 2 is 2.04 bits per heavy atom. The summed E-state index contributed by atoms with van der Waals surface area (Å²) in [4.78, 5) is 29.6. The molecule has 1 aliphatic rings. The first-order valence-corrected chi connectivity index (χ1v) is 9.97. The average Bonchev–Trinajstić information content (AvgIpc) is 2.67. The molecule has 6 nitrogen and oxygen atoms in total. The van der Waals surface area contributed by atoms with Gasteiger partial charge in [-0.15, -0.1) is 0 Å². The number of nitrogens with zero attached hydrogens (tertiary/aromatic N) is 3. The summed E-state index contributed by atoms with van der Waals surface area (Å²) in [6.07, 6.45) is 0.722. The van der Waals surface area contributed by atoms with Crippen LogP contribution in [0.5, 0.6) is 0 Å². The van der Waals surface area contributed by atoms with Gasteiger partial charge in [0.05, 0.1) is 21.8 Å². The first-order chi connectivity index (χ1) is 13.4. The Labute approximate surface area is 169 Å². The number of aromatic amines is 1. The molecule has 0 aliphatic carbocycles. The Morgan fingerprint density at radius 3 is 2.71 bits per heavy atom. The van der Waals surface area contributed by atoms with Gasteiger partial charge in [-0.1, -0.05) is 41.6 Å².